The number of hydrogen-bond acceptors (Lipinski definition) is 7. The Morgan fingerprint density at radius 2 is 1.94 bits per heavy atom. The Morgan fingerprint density at radius 3 is 2.81 bits per heavy atom. The van der Waals surface area contributed by atoms with E-state index in [0.29, 0.717) is 22.1 Å². The zero-order chi connectivity index (χ0) is 22.2. The lowest BCUT2D eigenvalue weighted by Crippen LogP contribution is -2.45. The lowest BCUT2D eigenvalue weighted by Gasteiger charge is -2.32. The molecule has 3 heterocycles. The van der Waals surface area contributed by atoms with Gasteiger partial charge in [-0.25, -0.2) is 4.98 Å². The fourth-order valence-electron chi connectivity index (χ4n) is 3.72. The summed E-state index contributed by atoms with van der Waals surface area (Å²) in [5.41, 5.74) is 1.60. The van der Waals surface area contributed by atoms with Crippen LogP contribution in [0.5, 0.6) is 5.75 Å². The summed E-state index contributed by atoms with van der Waals surface area (Å²) in [5, 5.41) is 0. The molecule has 2 aromatic carbocycles. The van der Waals surface area contributed by atoms with Gasteiger partial charge in [-0.2, -0.15) is 0 Å². The minimum atomic E-state index is -0.619. The Bertz CT molecular complexity index is 1410. The number of para-hydroxylation sites is 3. The normalized spacial score (nSPS) is 15.6. The predicted octanol–water partition coefficient (Wildman–Crippen LogP) is 3.16. The van der Waals surface area contributed by atoms with E-state index >= 15 is 0 Å². The maximum absolute atomic E-state index is 12.6. The number of anilines is 1. The number of carbonyl (C=O) groups excluding carboxylic acids is 2. The van der Waals surface area contributed by atoms with Gasteiger partial charge in [0, 0.05) is 12.6 Å². The summed E-state index contributed by atoms with van der Waals surface area (Å²) in [6.07, 6.45) is -0.609. The summed E-state index contributed by atoms with van der Waals surface area (Å²) in [7, 11) is 0. The van der Waals surface area contributed by atoms with Gasteiger partial charge in [-0.05, 0) is 31.2 Å². The number of fused-ring (bicyclic) bond motifs is 4. The standard InChI is InChI=1S/C23H19N3O5S/c1-14-22(29)25(16-6-2-4-8-18(16)31-14)11-10-21(28)30-13-15-12-20(27)26-17-7-3-5-9-19(17)32-23(26)24-15/h2-9,12,14H,10-11,13H2,1H3/t14-/m1/s1. The average Bonchev–Trinajstić information content (AvgIpc) is 3.17. The van der Waals surface area contributed by atoms with E-state index in [1.807, 2.05) is 36.4 Å². The molecule has 0 saturated carbocycles. The number of ether oxygens (including phenoxy) is 2. The molecule has 32 heavy (non-hydrogen) atoms. The minimum Gasteiger partial charge on any atom is -0.479 e. The van der Waals surface area contributed by atoms with Crippen LogP contribution in [0.25, 0.3) is 15.2 Å². The fourth-order valence-corrected chi connectivity index (χ4v) is 4.77. The lowest BCUT2D eigenvalue weighted by atomic mass is 10.2. The molecule has 0 spiro atoms. The van der Waals surface area contributed by atoms with Crippen molar-refractivity contribution in [3.8, 4) is 5.75 Å². The van der Waals surface area contributed by atoms with Crippen molar-refractivity contribution in [2.24, 2.45) is 0 Å². The van der Waals surface area contributed by atoms with Gasteiger partial charge >= 0.3 is 5.97 Å². The first kappa shape index (κ1) is 20.2. The van der Waals surface area contributed by atoms with E-state index in [0.717, 1.165) is 10.2 Å². The second-order valence-corrected chi connectivity index (χ2v) is 8.41. The quantitative estimate of drug-likeness (QED) is 0.435. The van der Waals surface area contributed by atoms with Gasteiger partial charge in [0.1, 0.15) is 12.4 Å². The molecule has 4 aromatic rings. The number of benzene rings is 2. The first-order valence-corrected chi connectivity index (χ1v) is 11.0. The molecule has 0 bridgehead atoms. The number of thiazole rings is 1. The highest BCUT2D eigenvalue weighted by atomic mass is 32.1. The monoisotopic (exact) mass is 449 g/mol. The van der Waals surface area contributed by atoms with Crippen LogP contribution >= 0.6 is 11.3 Å². The Labute approximate surface area is 186 Å². The predicted molar refractivity (Wildman–Crippen MR) is 120 cm³/mol. The number of aromatic nitrogens is 2. The molecule has 8 nitrogen and oxygen atoms in total. The molecule has 0 aliphatic carbocycles. The molecule has 9 heteroatoms. The number of amides is 1. The number of esters is 1. The van der Waals surface area contributed by atoms with Crippen molar-refractivity contribution in [3.63, 3.8) is 0 Å². The summed E-state index contributed by atoms with van der Waals surface area (Å²) in [6, 6.07) is 16.2. The average molecular weight is 449 g/mol. The van der Waals surface area contributed by atoms with Gasteiger partial charge in [0.05, 0.1) is 28.0 Å². The van der Waals surface area contributed by atoms with E-state index < -0.39 is 12.1 Å². The minimum absolute atomic E-state index is 0.0108. The van der Waals surface area contributed by atoms with Gasteiger partial charge in [-0.3, -0.25) is 18.8 Å². The van der Waals surface area contributed by atoms with Gasteiger partial charge < -0.3 is 14.4 Å². The van der Waals surface area contributed by atoms with Gasteiger partial charge in [0.25, 0.3) is 11.5 Å². The Balaban J connectivity index is 1.27. The highest BCUT2D eigenvalue weighted by molar-refractivity contribution is 7.23. The topological polar surface area (TPSA) is 90.2 Å². The van der Waals surface area contributed by atoms with E-state index in [1.165, 1.54) is 17.4 Å². The maximum atomic E-state index is 12.6. The second kappa shape index (κ2) is 8.08. The first-order chi connectivity index (χ1) is 15.5. The smallest absolute Gasteiger partial charge is 0.307 e. The van der Waals surface area contributed by atoms with Crippen molar-refractivity contribution in [1.82, 2.24) is 9.38 Å². The van der Waals surface area contributed by atoms with Crippen LogP contribution in [-0.4, -0.2) is 33.9 Å². The molecule has 0 radical (unpaired) electrons. The molecular formula is C23H19N3O5S. The van der Waals surface area contributed by atoms with Crippen molar-refractivity contribution in [1.29, 1.82) is 0 Å². The van der Waals surface area contributed by atoms with Crippen molar-refractivity contribution in [2.45, 2.75) is 26.1 Å². The maximum Gasteiger partial charge on any atom is 0.307 e. The third-order valence-electron chi connectivity index (χ3n) is 5.24. The van der Waals surface area contributed by atoms with Crippen LogP contribution in [0.2, 0.25) is 0 Å². The molecule has 1 amide bonds. The molecule has 5 rings (SSSR count). The molecule has 0 unspecified atom stereocenters. The largest absolute Gasteiger partial charge is 0.479 e. The number of carbonyl (C=O) groups is 2. The van der Waals surface area contributed by atoms with E-state index in [4.69, 9.17) is 9.47 Å². The molecule has 2 aromatic heterocycles. The van der Waals surface area contributed by atoms with Crippen LogP contribution in [0.3, 0.4) is 0 Å². The van der Waals surface area contributed by atoms with Crippen LogP contribution < -0.4 is 15.2 Å². The van der Waals surface area contributed by atoms with Gasteiger partial charge in [-0.1, -0.05) is 35.6 Å². The number of rotatable bonds is 5. The molecule has 0 fully saturated rings. The third-order valence-corrected chi connectivity index (χ3v) is 6.26. The summed E-state index contributed by atoms with van der Waals surface area (Å²) in [5.74, 6) is -0.0801. The first-order valence-electron chi connectivity index (χ1n) is 10.1. The highest BCUT2D eigenvalue weighted by Gasteiger charge is 2.31. The highest BCUT2D eigenvalue weighted by Crippen LogP contribution is 2.33. The van der Waals surface area contributed by atoms with Gasteiger partial charge in [0.2, 0.25) is 0 Å². The van der Waals surface area contributed by atoms with Crippen molar-refractivity contribution < 1.29 is 19.1 Å². The summed E-state index contributed by atoms with van der Waals surface area (Å²) in [6.45, 7) is 1.74. The molecule has 0 saturated heterocycles. The molecule has 1 aliphatic rings. The van der Waals surface area contributed by atoms with Crippen LogP contribution in [0.15, 0.2) is 59.4 Å². The van der Waals surface area contributed by atoms with Crippen LogP contribution in [-0.2, 0) is 20.9 Å². The summed E-state index contributed by atoms with van der Waals surface area (Å²) >= 11 is 1.40. The zero-order valence-corrected chi connectivity index (χ0v) is 18.0. The van der Waals surface area contributed by atoms with Gasteiger partial charge in [0.15, 0.2) is 11.1 Å². The van der Waals surface area contributed by atoms with Crippen LogP contribution in [0, 0.1) is 0 Å². The van der Waals surface area contributed by atoms with E-state index in [9.17, 15) is 14.4 Å². The lowest BCUT2D eigenvalue weighted by molar-refractivity contribution is -0.144. The zero-order valence-electron chi connectivity index (χ0n) is 17.2. The summed E-state index contributed by atoms with van der Waals surface area (Å²) in [4.78, 5) is 44.0. The Kier molecular flexibility index (Phi) is 5.10. The molecule has 162 valence electrons. The van der Waals surface area contributed by atoms with E-state index in [-0.39, 0.29) is 31.0 Å². The Morgan fingerprint density at radius 1 is 1.16 bits per heavy atom. The van der Waals surface area contributed by atoms with Crippen molar-refractivity contribution in [3.05, 3.63) is 70.6 Å². The second-order valence-electron chi connectivity index (χ2n) is 7.40. The number of hydrogen-bond donors (Lipinski definition) is 0. The fraction of sp³-hybridized carbons (Fsp3) is 0.217. The van der Waals surface area contributed by atoms with Crippen LogP contribution in [0.1, 0.15) is 19.0 Å². The third kappa shape index (κ3) is 3.60. The van der Waals surface area contributed by atoms with Crippen molar-refractivity contribution in [2.75, 3.05) is 11.4 Å². The Hall–Kier alpha value is -3.72. The molecule has 1 atom stereocenters. The van der Waals surface area contributed by atoms with E-state index in [1.54, 1.807) is 28.4 Å². The van der Waals surface area contributed by atoms with Gasteiger partial charge in [-0.15, -0.1) is 0 Å². The SMILES string of the molecule is C[C@H]1Oc2ccccc2N(CCC(=O)OCc2cc(=O)n3c(n2)sc2ccccc23)C1=O. The molecular weight excluding hydrogens is 430 g/mol. The van der Waals surface area contributed by atoms with Crippen LogP contribution in [0.4, 0.5) is 5.69 Å². The molecule has 0 N–H and O–H groups in total. The van der Waals surface area contributed by atoms with Crippen molar-refractivity contribution >= 4 is 44.1 Å². The molecule has 1 aliphatic heterocycles. The number of nitrogens with zero attached hydrogens (tertiary/aromatic N) is 3. The summed E-state index contributed by atoms with van der Waals surface area (Å²) < 4.78 is 13.4. The van der Waals surface area contributed by atoms with E-state index in [2.05, 4.69) is 4.98 Å².